The fraction of sp³-hybridized carbons (Fsp3) is 0.667. The molecule has 0 amide bonds. The Hall–Kier alpha value is -2.12. The molecule has 1 unspecified atom stereocenters. The van der Waals surface area contributed by atoms with Gasteiger partial charge in [-0.3, -0.25) is 4.57 Å². The number of carbonyl (C=O) groups is 1. The van der Waals surface area contributed by atoms with Gasteiger partial charge in [0.25, 0.3) is 0 Å². The number of rotatable bonds is 3. The summed E-state index contributed by atoms with van der Waals surface area (Å²) in [5.41, 5.74) is 0. The topological polar surface area (TPSA) is 90.5 Å². The Morgan fingerprint density at radius 3 is 2.80 bits per heavy atom. The van der Waals surface area contributed by atoms with Crippen LogP contribution in [-0.2, 0) is 16.6 Å². The molecule has 1 aliphatic rings. The van der Waals surface area contributed by atoms with Crippen molar-refractivity contribution in [3.8, 4) is 0 Å². The van der Waals surface area contributed by atoms with Gasteiger partial charge in [0.2, 0.25) is 11.6 Å². The fourth-order valence-electron chi connectivity index (χ4n) is 2.59. The van der Waals surface area contributed by atoms with Crippen LogP contribution in [0.15, 0.2) is 0 Å². The van der Waals surface area contributed by atoms with Crippen molar-refractivity contribution in [1.29, 1.82) is 0 Å². The third kappa shape index (κ3) is 2.33. The summed E-state index contributed by atoms with van der Waals surface area (Å²) in [5, 5.41) is 11.2. The predicted molar refractivity (Wildman–Crippen MR) is 71.6 cm³/mol. The number of imidazole rings is 1. The minimum Gasteiger partial charge on any atom is -0.467 e. The van der Waals surface area contributed by atoms with Crippen LogP contribution in [0.1, 0.15) is 25.1 Å². The highest BCUT2D eigenvalue weighted by Crippen LogP contribution is 2.33. The Labute approximate surface area is 116 Å². The van der Waals surface area contributed by atoms with Crippen molar-refractivity contribution in [3.05, 3.63) is 15.9 Å². The third-order valence-corrected chi connectivity index (χ3v) is 3.69. The molecule has 8 nitrogen and oxygen atoms in total. The first-order chi connectivity index (χ1) is 9.47. The molecule has 1 saturated heterocycles. The molecule has 8 heteroatoms. The van der Waals surface area contributed by atoms with Gasteiger partial charge in [0.05, 0.1) is 7.11 Å². The number of piperidine rings is 1. The van der Waals surface area contributed by atoms with E-state index in [4.69, 9.17) is 4.74 Å². The molecule has 0 bridgehead atoms. The minimum atomic E-state index is -0.509. The van der Waals surface area contributed by atoms with E-state index in [0.29, 0.717) is 24.6 Å². The van der Waals surface area contributed by atoms with E-state index in [1.165, 1.54) is 7.11 Å². The van der Waals surface area contributed by atoms with Crippen LogP contribution in [0.5, 0.6) is 0 Å². The lowest BCUT2D eigenvalue weighted by Gasteiger charge is -2.34. The van der Waals surface area contributed by atoms with Crippen LogP contribution in [0, 0.1) is 17.0 Å². The van der Waals surface area contributed by atoms with Crippen molar-refractivity contribution in [1.82, 2.24) is 9.55 Å². The first-order valence-corrected chi connectivity index (χ1v) is 6.49. The number of methoxy groups -OCH3 is 1. The number of ether oxygens (including phenoxy) is 1. The maximum absolute atomic E-state index is 11.9. The number of anilines is 1. The molecule has 1 atom stereocenters. The molecule has 1 aromatic rings. The minimum absolute atomic E-state index is 0.208. The zero-order chi connectivity index (χ0) is 14.9. The second kappa shape index (κ2) is 5.48. The Bertz CT molecular complexity index is 540. The van der Waals surface area contributed by atoms with Crippen molar-refractivity contribution in [2.45, 2.75) is 32.2 Å². The molecule has 20 heavy (non-hydrogen) atoms. The lowest BCUT2D eigenvalue weighted by atomic mass is 10.0. The summed E-state index contributed by atoms with van der Waals surface area (Å²) < 4.78 is 6.46. The number of hydrogen-bond donors (Lipinski definition) is 0. The van der Waals surface area contributed by atoms with Gasteiger partial charge >= 0.3 is 11.8 Å². The maximum atomic E-state index is 11.9. The van der Waals surface area contributed by atoms with E-state index in [9.17, 15) is 14.9 Å². The van der Waals surface area contributed by atoms with Crippen molar-refractivity contribution in [3.63, 3.8) is 0 Å². The van der Waals surface area contributed by atoms with Gasteiger partial charge in [-0.25, -0.2) is 4.79 Å². The Balaban J connectivity index is 2.47. The summed E-state index contributed by atoms with van der Waals surface area (Å²) in [7, 11) is 3.05. The van der Waals surface area contributed by atoms with Crippen LogP contribution >= 0.6 is 0 Å². The van der Waals surface area contributed by atoms with Gasteiger partial charge < -0.3 is 19.8 Å². The van der Waals surface area contributed by atoms with Crippen LogP contribution in [0.2, 0.25) is 0 Å². The smallest absolute Gasteiger partial charge is 0.406 e. The molecule has 110 valence electrons. The fourth-order valence-corrected chi connectivity index (χ4v) is 2.59. The van der Waals surface area contributed by atoms with Gasteiger partial charge in [-0.1, -0.05) is 0 Å². The number of aromatic nitrogens is 2. The summed E-state index contributed by atoms with van der Waals surface area (Å²) in [6.07, 6.45) is 2.42. The summed E-state index contributed by atoms with van der Waals surface area (Å²) in [6.45, 7) is 2.28. The van der Waals surface area contributed by atoms with E-state index in [-0.39, 0.29) is 11.8 Å². The normalized spacial score (nSPS) is 18.9. The largest absolute Gasteiger partial charge is 0.467 e. The molecule has 0 saturated carbocycles. The zero-order valence-corrected chi connectivity index (χ0v) is 11.8. The summed E-state index contributed by atoms with van der Waals surface area (Å²) >= 11 is 0. The second-order valence-corrected chi connectivity index (χ2v) is 4.85. The molecule has 0 radical (unpaired) electrons. The van der Waals surface area contributed by atoms with Gasteiger partial charge in [-0.15, -0.1) is 0 Å². The monoisotopic (exact) mass is 282 g/mol. The molecule has 0 N–H and O–H groups in total. The first-order valence-electron chi connectivity index (χ1n) is 6.49. The van der Waals surface area contributed by atoms with Crippen LogP contribution in [0.3, 0.4) is 0 Å². The third-order valence-electron chi connectivity index (χ3n) is 3.69. The molecule has 0 spiro atoms. The van der Waals surface area contributed by atoms with Crippen molar-refractivity contribution in [2.75, 3.05) is 18.6 Å². The molecule has 0 aliphatic carbocycles. The van der Waals surface area contributed by atoms with Gasteiger partial charge in [-0.05, 0) is 29.2 Å². The highest BCUT2D eigenvalue weighted by Gasteiger charge is 2.37. The highest BCUT2D eigenvalue weighted by atomic mass is 16.6. The van der Waals surface area contributed by atoms with E-state index in [1.54, 1.807) is 23.4 Å². The highest BCUT2D eigenvalue weighted by molar-refractivity contribution is 5.81. The number of esters is 1. The lowest BCUT2D eigenvalue weighted by Crippen LogP contribution is -2.46. The van der Waals surface area contributed by atoms with Crippen molar-refractivity contribution < 1.29 is 14.5 Å². The van der Waals surface area contributed by atoms with Crippen LogP contribution in [0.25, 0.3) is 0 Å². The van der Waals surface area contributed by atoms with Gasteiger partial charge in [0, 0.05) is 20.5 Å². The van der Waals surface area contributed by atoms with Gasteiger partial charge in [0.15, 0.2) is 0 Å². The Kier molecular flexibility index (Phi) is 3.91. The van der Waals surface area contributed by atoms with Gasteiger partial charge in [0.1, 0.15) is 6.04 Å². The van der Waals surface area contributed by atoms with Crippen molar-refractivity contribution >= 4 is 17.6 Å². The van der Waals surface area contributed by atoms with E-state index in [1.807, 2.05) is 0 Å². The molecule has 1 fully saturated rings. The number of aryl methyl sites for hydroxylation is 1. The molecule has 1 aliphatic heterocycles. The van der Waals surface area contributed by atoms with Crippen LogP contribution < -0.4 is 4.90 Å². The maximum Gasteiger partial charge on any atom is 0.406 e. The number of nitrogens with zero attached hydrogens (tertiary/aromatic N) is 4. The zero-order valence-electron chi connectivity index (χ0n) is 11.8. The van der Waals surface area contributed by atoms with Crippen LogP contribution in [0.4, 0.5) is 11.6 Å². The quantitative estimate of drug-likeness (QED) is 0.469. The number of carbonyl (C=O) groups excluding carboxylic acids is 1. The molecule has 2 heterocycles. The summed E-state index contributed by atoms with van der Waals surface area (Å²) in [4.78, 5) is 28.3. The van der Waals surface area contributed by atoms with Crippen molar-refractivity contribution in [2.24, 2.45) is 7.05 Å². The number of hydrogen-bond acceptors (Lipinski definition) is 6. The summed E-state index contributed by atoms with van der Waals surface area (Å²) in [5.74, 6) is 0.349. The molecule has 1 aromatic heterocycles. The first kappa shape index (κ1) is 14.3. The van der Waals surface area contributed by atoms with E-state index in [2.05, 4.69) is 4.98 Å². The molecular weight excluding hydrogens is 264 g/mol. The molecule has 2 rings (SSSR count). The lowest BCUT2D eigenvalue weighted by molar-refractivity contribution is -0.388. The SMILES string of the molecule is COC(=O)C1CCCCN1c1c([N+](=O)[O-])nc(C)n1C. The Morgan fingerprint density at radius 1 is 1.50 bits per heavy atom. The van der Waals surface area contributed by atoms with E-state index in [0.717, 1.165) is 12.8 Å². The van der Waals surface area contributed by atoms with E-state index >= 15 is 0 Å². The Morgan fingerprint density at radius 2 is 2.20 bits per heavy atom. The second-order valence-electron chi connectivity index (χ2n) is 4.85. The van der Waals surface area contributed by atoms with E-state index < -0.39 is 11.0 Å². The molecular formula is C12H18N4O4. The molecule has 0 aromatic carbocycles. The average molecular weight is 282 g/mol. The van der Waals surface area contributed by atoms with Crippen LogP contribution in [-0.4, -0.2) is 40.1 Å². The summed E-state index contributed by atoms with van der Waals surface area (Å²) in [6, 6.07) is -0.484. The standard InChI is InChI=1S/C12H18N4O4/c1-8-13-10(16(18)19)11(14(8)2)15-7-5-4-6-9(15)12(17)20-3/h9H,4-7H2,1-3H3. The average Bonchev–Trinajstić information content (AvgIpc) is 2.74. The number of nitro groups is 1. The predicted octanol–water partition coefficient (Wildman–Crippen LogP) is 1.17. The van der Waals surface area contributed by atoms with Gasteiger partial charge in [-0.2, -0.15) is 0 Å².